The maximum atomic E-state index is 12.9. The number of rotatable bonds is 7. The van der Waals surface area contributed by atoms with Gasteiger partial charge in [0.05, 0.1) is 39.3 Å². The Balaban J connectivity index is 1.47. The van der Waals surface area contributed by atoms with E-state index in [-0.39, 0.29) is 30.1 Å². The van der Waals surface area contributed by atoms with E-state index >= 15 is 0 Å². The minimum atomic E-state index is -5.60. The summed E-state index contributed by atoms with van der Waals surface area (Å²) < 4.78 is 64.2. The van der Waals surface area contributed by atoms with E-state index in [1.807, 2.05) is 14.0 Å². The molecule has 0 fully saturated rings. The smallest absolute Gasteiger partial charge is 0.334 e. The lowest BCUT2D eigenvalue weighted by atomic mass is 9.99. The largest absolute Gasteiger partial charge is 0.501 e. The van der Waals surface area contributed by atoms with Crippen molar-refractivity contribution in [3.05, 3.63) is 76.9 Å². The van der Waals surface area contributed by atoms with Crippen LogP contribution in [-0.2, 0) is 23.3 Å². The van der Waals surface area contributed by atoms with Crippen molar-refractivity contribution in [3.63, 3.8) is 0 Å². The average molecular weight is 538 g/mol. The number of alkyl halides is 3. The van der Waals surface area contributed by atoms with Gasteiger partial charge in [0.25, 0.3) is 9.84 Å². The van der Waals surface area contributed by atoms with Gasteiger partial charge in [-0.1, -0.05) is 24.6 Å². The van der Waals surface area contributed by atoms with Crippen LogP contribution in [0, 0.1) is 0 Å². The van der Waals surface area contributed by atoms with E-state index in [2.05, 4.69) is 19.9 Å². The van der Waals surface area contributed by atoms with Crippen LogP contribution >= 0.6 is 11.6 Å². The summed E-state index contributed by atoms with van der Waals surface area (Å²) in [6.45, 7) is 1.82. The standard InChI is InChI=1S/C23H19ClF3N5O3S/c1-13(5-21(33)17-8-20-19(11-30-17)31-12-32(20)2)18-10-28-15(9-29-18)6-14-3-4-16(24)22(7-14)36(34,35)23(25,26)27/h3-4,7-13H,5-6H2,1-2H3. The molecule has 0 saturated heterocycles. The summed E-state index contributed by atoms with van der Waals surface area (Å²) in [5, 5.41) is -0.520. The van der Waals surface area contributed by atoms with Gasteiger partial charge in [0, 0.05) is 38.2 Å². The highest BCUT2D eigenvalue weighted by molar-refractivity contribution is 7.92. The van der Waals surface area contributed by atoms with Crippen LogP contribution in [0.5, 0.6) is 0 Å². The molecule has 0 aliphatic rings. The van der Waals surface area contributed by atoms with Crippen molar-refractivity contribution in [2.75, 3.05) is 0 Å². The predicted molar refractivity (Wildman–Crippen MR) is 125 cm³/mol. The molecule has 0 spiro atoms. The molecule has 4 rings (SSSR count). The van der Waals surface area contributed by atoms with Crippen LogP contribution in [0.25, 0.3) is 11.0 Å². The third-order valence-electron chi connectivity index (χ3n) is 5.59. The molecular weight excluding hydrogens is 519 g/mol. The number of fused-ring (bicyclic) bond motifs is 1. The molecule has 4 aromatic rings. The SMILES string of the molecule is CC(CC(=O)c1cc2c(cn1)ncn2C)c1cnc(Cc2ccc(Cl)c(S(=O)(=O)C(F)(F)F)c2)cn1. The zero-order valence-corrected chi connectivity index (χ0v) is 20.6. The lowest BCUT2D eigenvalue weighted by Crippen LogP contribution is -2.23. The number of nitrogens with zero attached hydrogens (tertiary/aromatic N) is 5. The van der Waals surface area contributed by atoms with Gasteiger partial charge in [-0.3, -0.25) is 19.7 Å². The quantitative estimate of drug-likeness (QED) is 0.315. The topological polar surface area (TPSA) is 108 Å². The molecular formula is C23H19ClF3N5O3S. The van der Waals surface area contributed by atoms with Crippen LogP contribution in [0.2, 0.25) is 5.02 Å². The van der Waals surface area contributed by atoms with Crippen molar-refractivity contribution in [2.24, 2.45) is 7.05 Å². The Kier molecular flexibility index (Phi) is 6.84. The van der Waals surface area contributed by atoms with Gasteiger partial charge in [0.2, 0.25) is 0 Å². The number of aryl methyl sites for hydroxylation is 1. The maximum Gasteiger partial charge on any atom is 0.501 e. The normalized spacial score (nSPS) is 13.2. The molecule has 8 nitrogen and oxygen atoms in total. The Morgan fingerprint density at radius 1 is 1.08 bits per heavy atom. The Morgan fingerprint density at radius 2 is 1.83 bits per heavy atom. The lowest BCUT2D eigenvalue weighted by molar-refractivity contribution is -0.0436. The number of halogens is 4. The van der Waals surface area contributed by atoms with E-state index in [9.17, 15) is 26.4 Å². The molecule has 0 aliphatic heterocycles. The van der Waals surface area contributed by atoms with Crippen molar-refractivity contribution < 1.29 is 26.4 Å². The minimum absolute atomic E-state index is 0.0345. The van der Waals surface area contributed by atoms with Gasteiger partial charge in [0.1, 0.15) is 11.2 Å². The molecule has 0 aliphatic carbocycles. The number of ketones is 1. The van der Waals surface area contributed by atoms with Crippen LogP contribution in [0.15, 0.2) is 54.1 Å². The summed E-state index contributed by atoms with van der Waals surface area (Å²) >= 11 is 5.72. The monoisotopic (exact) mass is 537 g/mol. The predicted octanol–water partition coefficient (Wildman–Crippen LogP) is 4.67. The molecule has 36 heavy (non-hydrogen) atoms. The first-order chi connectivity index (χ1) is 16.9. The Morgan fingerprint density at radius 3 is 2.50 bits per heavy atom. The summed E-state index contributed by atoms with van der Waals surface area (Å²) in [6, 6.07) is 5.09. The summed E-state index contributed by atoms with van der Waals surface area (Å²) in [7, 11) is -3.77. The number of Topliss-reactive ketones (excluding diaryl/α,β-unsaturated/α-hetero) is 1. The van der Waals surface area contributed by atoms with Gasteiger partial charge in [-0.15, -0.1) is 0 Å². The highest BCUT2D eigenvalue weighted by atomic mass is 35.5. The first kappa shape index (κ1) is 25.7. The van der Waals surface area contributed by atoms with Gasteiger partial charge in [-0.2, -0.15) is 13.2 Å². The summed E-state index contributed by atoms with van der Waals surface area (Å²) in [5.74, 6) is -0.446. The van der Waals surface area contributed by atoms with Crippen LogP contribution in [0.4, 0.5) is 13.2 Å². The lowest BCUT2D eigenvalue weighted by Gasteiger charge is -2.12. The fourth-order valence-electron chi connectivity index (χ4n) is 3.58. The zero-order valence-electron chi connectivity index (χ0n) is 19.0. The fourth-order valence-corrected chi connectivity index (χ4v) is 4.88. The molecule has 0 bridgehead atoms. The molecule has 188 valence electrons. The van der Waals surface area contributed by atoms with E-state index in [0.717, 1.165) is 17.6 Å². The van der Waals surface area contributed by atoms with Crippen molar-refractivity contribution in [1.82, 2.24) is 24.5 Å². The zero-order chi connectivity index (χ0) is 26.3. The second kappa shape index (κ2) is 9.58. The molecule has 0 amide bonds. The minimum Gasteiger partial charge on any atom is -0.334 e. The molecule has 0 radical (unpaired) electrons. The number of carbonyl (C=O) groups excluding carboxylic acids is 1. The highest BCUT2D eigenvalue weighted by Gasteiger charge is 2.47. The summed E-state index contributed by atoms with van der Waals surface area (Å²) in [4.78, 5) is 28.7. The van der Waals surface area contributed by atoms with Crippen LogP contribution in [0.3, 0.4) is 0 Å². The van der Waals surface area contributed by atoms with E-state index in [0.29, 0.717) is 22.6 Å². The molecule has 1 aromatic carbocycles. The number of benzene rings is 1. The van der Waals surface area contributed by atoms with Crippen LogP contribution in [0.1, 0.15) is 46.7 Å². The summed E-state index contributed by atoms with van der Waals surface area (Å²) in [5.41, 5.74) is -2.46. The number of hydrogen-bond acceptors (Lipinski definition) is 7. The second-order valence-corrected chi connectivity index (χ2v) is 10.6. The summed E-state index contributed by atoms with van der Waals surface area (Å²) in [6.07, 6.45) is 6.27. The Bertz CT molecular complexity index is 1550. The first-order valence-corrected chi connectivity index (χ1v) is 12.4. The Hall–Kier alpha value is -3.38. The van der Waals surface area contributed by atoms with E-state index in [1.165, 1.54) is 18.5 Å². The van der Waals surface area contributed by atoms with Crippen molar-refractivity contribution in [2.45, 2.75) is 36.1 Å². The second-order valence-electron chi connectivity index (χ2n) is 8.27. The number of carbonyl (C=O) groups is 1. The number of imidazole rings is 1. The highest BCUT2D eigenvalue weighted by Crippen LogP contribution is 2.35. The number of hydrogen-bond donors (Lipinski definition) is 0. The molecule has 3 aromatic heterocycles. The molecule has 1 unspecified atom stereocenters. The average Bonchev–Trinajstić information content (AvgIpc) is 3.20. The third-order valence-corrected chi connectivity index (χ3v) is 7.56. The molecule has 1 atom stereocenters. The van der Waals surface area contributed by atoms with Crippen molar-refractivity contribution >= 4 is 38.3 Å². The third kappa shape index (κ3) is 5.09. The van der Waals surface area contributed by atoms with Gasteiger partial charge in [0.15, 0.2) is 5.78 Å². The Labute approximate surface area is 209 Å². The van der Waals surface area contributed by atoms with E-state index in [4.69, 9.17) is 11.6 Å². The first-order valence-electron chi connectivity index (χ1n) is 10.6. The van der Waals surface area contributed by atoms with Gasteiger partial charge in [-0.25, -0.2) is 13.4 Å². The van der Waals surface area contributed by atoms with Crippen molar-refractivity contribution in [1.29, 1.82) is 0 Å². The molecule has 0 saturated carbocycles. The van der Waals surface area contributed by atoms with E-state index < -0.39 is 25.3 Å². The van der Waals surface area contributed by atoms with Gasteiger partial charge >= 0.3 is 5.51 Å². The fraction of sp³-hybridized carbons (Fsp3) is 0.261. The molecule has 0 N–H and O–H groups in total. The van der Waals surface area contributed by atoms with Crippen molar-refractivity contribution in [3.8, 4) is 0 Å². The maximum absolute atomic E-state index is 12.9. The molecule has 3 heterocycles. The number of sulfone groups is 1. The van der Waals surface area contributed by atoms with Gasteiger partial charge in [-0.05, 0) is 23.8 Å². The number of pyridine rings is 1. The van der Waals surface area contributed by atoms with E-state index in [1.54, 1.807) is 23.2 Å². The number of aromatic nitrogens is 5. The van der Waals surface area contributed by atoms with Crippen LogP contribution in [-0.4, -0.2) is 44.2 Å². The van der Waals surface area contributed by atoms with Gasteiger partial charge < -0.3 is 4.57 Å². The molecule has 13 heteroatoms. The van der Waals surface area contributed by atoms with Crippen LogP contribution < -0.4 is 0 Å².